The maximum Gasteiger partial charge on any atom is 0.262 e. The highest BCUT2D eigenvalue weighted by Gasteiger charge is 2.29. The number of methoxy groups -OCH3 is 2. The van der Waals surface area contributed by atoms with Gasteiger partial charge in [0.1, 0.15) is 11.5 Å². The summed E-state index contributed by atoms with van der Waals surface area (Å²) in [4.78, 5) is 4.53. The standard InChI is InChI=1S/C25H32N4O4S.C9H16N4O2S/c1-27-15-12-22(13-16-27)29-17-14-25(26-29)34(30,31)28(18-20-4-8-23(32-2)9-5-20)19-21-6-10-24(33-3)11-7-21;1-12-5-2-8(3-6-12)13-7-4-9(11-13)16(10,14)15/h4-11,14,17,22H,12-13,15-16,18-19H2,1-3H3;4,7-8H,2-3,5-6H2,1H3,(H2,10,14,15). The molecule has 2 saturated heterocycles. The summed E-state index contributed by atoms with van der Waals surface area (Å²) in [6.45, 7) is 4.42. The molecule has 0 bridgehead atoms. The average molecular weight is 729 g/mol. The third-order valence-corrected chi connectivity index (χ3v) is 11.7. The number of benzene rings is 2. The van der Waals surface area contributed by atoms with Crippen molar-refractivity contribution >= 4 is 20.0 Å². The lowest BCUT2D eigenvalue weighted by atomic mass is 10.1. The number of nitrogens with zero attached hydrogens (tertiary/aromatic N) is 7. The second-order valence-corrected chi connectivity index (χ2v) is 16.2. The lowest BCUT2D eigenvalue weighted by Crippen LogP contribution is -2.32. The third-order valence-electron chi connectivity index (χ3n) is 9.22. The number of ether oxygens (including phenoxy) is 2. The Morgan fingerprint density at radius 1 is 0.660 bits per heavy atom. The predicted molar refractivity (Wildman–Crippen MR) is 190 cm³/mol. The van der Waals surface area contributed by atoms with Crippen LogP contribution in [0.5, 0.6) is 11.5 Å². The molecule has 16 heteroatoms. The molecule has 0 spiro atoms. The Balaban J connectivity index is 0.000000253. The van der Waals surface area contributed by atoms with E-state index in [2.05, 4.69) is 34.1 Å². The molecular formula is C34H48N8O6S2. The van der Waals surface area contributed by atoms with Crippen LogP contribution in [-0.2, 0) is 33.1 Å². The summed E-state index contributed by atoms with van der Waals surface area (Å²) in [7, 11) is -0.107. The van der Waals surface area contributed by atoms with E-state index < -0.39 is 20.0 Å². The molecular weight excluding hydrogens is 681 g/mol. The minimum atomic E-state index is -3.83. The van der Waals surface area contributed by atoms with Gasteiger partial charge in [-0.25, -0.2) is 22.0 Å². The molecule has 2 aromatic heterocycles. The molecule has 50 heavy (non-hydrogen) atoms. The number of sulfonamides is 2. The zero-order chi connectivity index (χ0) is 35.9. The maximum atomic E-state index is 13.7. The van der Waals surface area contributed by atoms with Crippen LogP contribution >= 0.6 is 0 Å². The Bertz CT molecular complexity index is 1830. The summed E-state index contributed by atoms with van der Waals surface area (Å²) in [5, 5.41) is 13.6. The van der Waals surface area contributed by atoms with Crippen LogP contribution in [0.4, 0.5) is 0 Å². The van der Waals surface area contributed by atoms with E-state index in [4.69, 9.17) is 14.6 Å². The Kier molecular flexibility index (Phi) is 12.3. The van der Waals surface area contributed by atoms with Gasteiger partial charge in [-0.2, -0.15) is 14.5 Å². The van der Waals surface area contributed by atoms with Gasteiger partial charge < -0.3 is 19.3 Å². The smallest absolute Gasteiger partial charge is 0.262 e. The summed E-state index contributed by atoms with van der Waals surface area (Å²) in [5.74, 6) is 1.45. The first-order valence-electron chi connectivity index (χ1n) is 16.6. The van der Waals surface area contributed by atoms with E-state index >= 15 is 0 Å². The molecule has 6 rings (SSSR count). The largest absolute Gasteiger partial charge is 0.497 e. The molecule has 2 fully saturated rings. The Hall–Kier alpha value is -3.80. The molecule has 4 aromatic rings. The van der Waals surface area contributed by atoms with Crippen molar-refractivity contribution in [3.05, 3.63) is 84.2 Å². The van der Waals surface area contributed by atoms with Crippen LogP contribution < -0.4 is 14.6 Å². The van der Waals surface area contributed by atoms with Crippen molar-refractivity contribution in [3.8, 4) is 11.5 Å². The molecule has 4 heterocycles. The molecule has 0 saturated carbocycles. The highest BCUT2D eigenvalue weighted by molar-refractivity contribution is 7.89. The van der Waals surface area contributed by atoms with Gasteiger partial charge in [-0.1, -0.05) is 24.3 Å². The molecule has 2 aromatic carbocycles. The number of hydrogen-bond acceptors (Lipinski definition) is 10. The van der Waals surface area contributed by atoms with Crippen molar-refractivity contribution in [1.82, 2.24) is 33.7 Å². The lowest BCUT2D eigenvalue weighted by Gasteiger charge is -2.29. The number of nitrogens with two attached hydrogens (primary N) is 1. The normalized spacial score (nSPS) is 17.0. The SMILES string of the molecule is CN1CCC(n2ccc(S(N)(=O)=O)n2)CC1.COc1ccc(CN(Cc2ccc(OC)cc2)S(=O)(=O)c2ccn(C3CCN(C)CC3)n2)cc1. The zero-order valence-electron chi connectivity index (χ0n) is 29.1. The van der Waals surface area contributed by atoms with Gasteiger partial charge in [0.25, 0.3) is 20.0 Å². The highest BCUT2D eigenvalue weighted by atomic mass is 32.2. The number of aromatic nitrogens is 4. The maximum absolute atomic E-state index is 13.7. The number of likely N-dealkylation sites (tertiary alicyclic amines) is 2. The van der Waals surface area contributed by atoms with Crippen molar-refractivity contribution < 1.29 is 26.3 Å². The summed E-state index contributed by atoms with van der Waals surface area (Å²) < 4.78 is 65.1. The molecule has 0 radical (unpaired) electrons. The van der Waals surface area contributed by atoms with Crippen molar-refractivity contribution in [1.29, 1.82) is 0 Å². The van der Waals surface area contributed by atoms with E-state index in [1.807, 2.05) is 53.2 Å². The number of hydrogen-bond donors (Lipinski definition) is 1. The van der Waals surface area contributed by atoms with Crippen LogP contribution in [-0.4, -0.2) is 105 Å². The second kappa shape index (κ2) is 16.5. The summed E-state index contributed by atoms with van der Waals surface area (Å²) in [6.07, 6.45) is 7.38. The molecule has 14 nitrogen and oxygen atoms in total. The van der Waals surface area contributed by atoms with Gasteiger partial charge in [0.05, 0.1) is 26.3 Å². The number of rotatable bonds is 11. The van der Waals surface area contributed by atoms with Crippen molar-refractivity contribution in [2.24, 2.45) is 5.14 Å². The van der Waals surface area contributed by atoms with E-state index in [0.717, 1.165) is 74.5 Å². The van der Waals surface area contributed by atoms with Crippen molar-refractivity contribution in [2.45, 2.75) is 60.9 Å². The van der Waals surface area contributed by atoms with Crippen LogP contribution in [0, 0.1) is 0 Å². The quantitative estimate of drug-likeness (QED) is 0.243. The molecule has 0 amide bonds. The monoisotopic (exact) mass is 728 g/mol. The predicted octanol–water partition coefficient (Wildman–Crippen LogP) is 3.36. The van der Waals surface area contributed by atoms with E-state index in [-0.39, 0.29) is 35.2 Å². The molecule has 2 N–H and O–H groups in total. The third kappa shape index (κ3) is 9.70. The fourth-order valence-electron chi connectivity index (χ4n) is 6.08. The van der Waals surface area contributed by atoms with Crippen LogP contribution in [0.1, 0.15) is 48.9 Å². The fraction of sp³-hybridized carbons (Fsp3) is 0.471. The van der Waals surface area contributed by atoms with E-state index in [1.54, 1.807) is 37.4 Å². The molecule has 272 valence electrons. The molecule has 0 unspecified atom stereocenters. The minimum Gasteiger partial charge on any atom is -0.497 e. The lowest BCUT2D eigenvalue weighted by molar-refractivity contribution is 0.211. The van der Waals surface area contributed by atoms with Crippen molar-refractivity contribution in [2.75, 3.05) is 54.5 Å². The van der Waals surface area contributed by atoms with E-state index in [9.17, 15) is 16.8 Å². The minimum absolute atomic E-state index is 0.0496. The van der Waals surface area contributed by atoms with Gasteiger partial charge in [-0.05, 0) is 113 Å². The Morgan fingerprint density at radius 3 is 1.40 bits per heavy atom. The molecule has 0 atom stereocenters. The average Bonchev–Trinajstić information content (AvgIpc) is 3.82. The van der Waals surface area contributed by atoms with Crippen LogP contribution in [0.15, 0.2) is 83.1 Å². The number of primary sulfonamides is 1. The van der Waals surface area contributed by atoms with Gasteiger partial charge in [0.15, 0.2) is 10.1 Å². The summed E-state index contributed by atoms with van der Waals surface area (Å²) in [6, 6.07) is 18.4. The Morgan fingerprint density at radius 2 is 1.04 bits per heavy atom. The summed E-state index contributed by atoms with van der Waals surface area (Å²) in [5.41, 5.74) is 1.74. The second-order valence-electron chi connectivity index (χ2n) is 12.9. The summed E-state index contributed by atoms with van der Waals surface area (Å²) >= 11 is 0. The first-order chi connectivity index (χ1) is 23.8. The van der Waals surface area contributed by atoms with Crippen molar-refractivity contribution in [3.63, 3.8) is 0 Å². The molecule has 2 aliphatic rings. The van der Waals surface area contributed by atoms with E-state index in [0.29, 0.717) is 0 Å². The first kappa shape index (κ1) is 37.5. The van der Waals surface area contributed by atoms with Crippen LogP contribution in [0.2, 0.25) is 0 Å². The van der Waals surface area contributed by atoms with Gasteiger partial charge in [-0.3, -0.25) is 9.36 Å². The topological polar surface area (TPSA) is 158 Å². The molecule has 2 aliphatic heterocycles. The van der Waals surface area contributed by atoms with Gasteiger partial charge >= 0.3 is 0 Å². The van der Waals surface area contributed by atoms with Gasteiger partial charge in [0, 0.05) is 25.5 Å². The van der Waals surface area contributed by atoms with Gasteiger partial charge in [0.2, 0.25) is 0 Å². The molecule has 0 aliphatic carbocycles. The zero-order valence-corrected chi connectivity index (χ0v) is 30.8. The van der Waals surface area contributed by atoms with Crippen LogP contribution in [0.25, 0.3) is 0 Å². The first-order valence-corrected chi connectivity index (χ1v) is 19.6. The fourth-order valence-corrected chi connectivity index (χ4v) is 7.88. The Labute approximate surface area is 295 Å². The van der Waals surface area contributed by atoms with Crippen LogP contribution in [0.3, 0.4) is 0 Å². The van der Waals surface area contributed by atoms with E-state index in [1.165, 1.54) is 10.4 Å². The number of piperidine rings is 2. The highest BCUT2D eigenvalue weighted by Crippen LogP contribution is 2.26. The van der Waals surface area contributed by atoms with Gasteiger partial charge in [-0.15, -0.1) is 0 Å².